The van der Waals surface area contributed by atoms with Gasteiger partial charge in [-0.15, -0.1) is 0 Å². The maximum absolute atomic E-state index is 5.96. The molecule has 84 valence electrons. The molecule has 0 spiro atoms. The second-order valence-corrected chi connectivity index (χ2v) is 4.55. The van der Waals surface area contributed by atoms with Gasteiger partial charge >= 0.3 is 0 Å². The number of hydrogen-bond donors (Lipinski definition) is 1. The summed E-state index contributed by atoms with van der Waals surface area (Å²) >= 11 is 11.9. The van der Waals surface area contributed by atoms with Crippen molar-refractivity contribution in [3.05, 3.63) is 52.5 Å². The van der Waals surface area contributed by atoms with Crippen molar-refractivity contribution in [2.24, 2.45) is 0 Å². The number of fused-ring (bicyclic) bond motifs is 1. The second-order valence-electron chi connectivity index (χ2n) is 3.73. The average molecular weight is 263 g/mol. The predicted molar refractivity (Wildman–Crippen MR) is 71.5 cm³/mol. The zero-order valence-electron chi connectivity index (χ0n) is 8.74. The van der Waals surface area contributed by atoms with Crippen molar-refractivity contribution in [1.29, 1.82) is 0 Å². The van der Waals surface area contributed by atoms with Gasteiger partial charge in [0.05, 0.1) is 21.1 Å². The molecule has 0 aliphatic heterocycles. The van der Waals surface area contributed by atoms with Crippen LogP contribution in [0.25, 0.3) is 22.4 Å². The number of rotatable bonds is 1. The predicted octanol–water partition coefficient (Wildman–Crippen LogP) is 4.54. The van der Waals surface area contributed by atoms with Crippen LogP contribution in [0, 0.1) is 0 Å². The highest BCUT2D eigenvalue weighted by Gasteiger charge is 2.07. The maximum atomic E-state index is 5.96. The van der Waals surface area contributed by atoms with Gasteiger partial charge in [-0.3, -0.25) is 0 Å². The minimum atomic E-state index is 0.519. The van der Waals surface area contributed by atoms with Gasteiger partial charge in [-0.2, -0.15) is 0 Å². The van der Waals surface area contributed by atoms with Crippen LogP contribution in [0.5, 0.6) is 0 Å². The van der Waals surface area contributed by atoms with E-state index in [1.165, 1.54) is 0 Å². The Bertz CT molecular complexity index is 635. The Morgan fingerprint density at radius 1 is 0.941 bits per heavy atom. The summed E-state index contributed by atoms with van der Waals surface area (Å²) in [5.74, 6) is 0.818. The minimum Gasteiger partial charge on any atom is -0.338 e. The lowest BCUT2D eigenvalue weighted by Crippen LogP contribution is -1.77. The normalized spacial score (nSPS) is 10.9. The molecule has 3 rings (SSSR count). The van der Waals surface area contributed by atoms with Gasteiger partial charge in [0.25, 0.3) is 0 Å². The van der Waals surface area contributed by atoms with Crippen LogP contribution in [0.3, 0.4) is 0 Å². The van der Waals surface area contributed by atoms with E-state index < -0.39 is 0 Å². The van der Waals surface area contributed by atoms with Gasteiger partial charge in [0, 0.05) is 5.56 Å². The first kappa shape index (κ1) is 10.6. The molecule has 0 unspecified atom stereocenters. The van der Waals surface area contributed by atoms with Crippen LogP contribution in [0.2, 0.25) is 10.0 Å². The quantitative estimate of drug-likeness (QED) is 0.686. The van der Waals surface area contributed by atoms with Gasteiger partial charge in [0.1, 0.15) is 5.82 Å². The van der Waals surface area contributed by atoms with E-state index in [2.05, 4.69) is 9.97 Å². The van der Waals surface area contributed by atoms with Crippen molar-refractivity contribution in [3.63, 3.8) is 0 Å². The number of benzene rings is 2. The van der Waals surface area contributed by atoms with Gasteiger partial charge in [-0.1, -0.05) is 53.5 Å². The van der Waals surface area contributed by atoms with Crippen LogP contribution in [0.1, 0.15) is 0 Å². The Kier molecular flexibility index (Phi) is 2.54. The zero-order valence-corrected chi connectivity index (χ0v) is 10.3. The number of aromatic nitrogens is 2. The molecule has 17 heavy (non-hydrogen) atoms. The first-order chi connectivity index (χ1) is 8.24. The highest BCUT2D eigenvalue weighted by molar-refractivity contribution is 6.42. The van der Waals surface area contributed by atoms with Crippen molar-refractivity contribution in [2.75, 3.05) is 0 Å². The average Bonchev–Trinajstić information content (AvgIpc) is 2.74. The molecule has 3 aromatic rings. The molecule has 0 saturated heterocycles. The van der Waals surface area contributed by atoms with E-state index in [1.54, 1.807) is 12.1 Å². The fourth-order valence-electron chi connectivity index (χ4n) is 1.74. The monoisotopic (exact) mass is 262 g/mol. The molecule has 2 aromatic carbocycles. The molecule has 0 aliphatic carbocycles. The molecule has 1 heterocycles. The molecular weight excluding hydrogens is 255 g/mol. The van der Waals surface area contributed by atoms with Crippen LogP contribution in [-0.4, -0.2) is 9.97 Å². The SMILES string of the molecule is Clc1cc2nc(-c3ccccc3)[nH]c2cc1Cl. The van der Waals surface area contributed by atoms with Crippen molar-refractivity contribution >= 4 is 34.2 Å². The molecule has 0 bridgehead atoms. The van der Waals surface area contributed by atoms with Gasteiger partial charge < -0.3 is 4.98 Å². The van der Waals surface area contributed by atoms with Crippen molar-refractivity contribution in [2.45, 2.75) is 0 Å². The Morgan fingerprint density at radius 2 is 1.65 bits per heavy atom. The van der Waals surface area contributed by atoms with E-state index in [4.69, 9.17) is 23.2 Å². The Morgan fingerprint density at radius 3 is 2.41 bits per heavy atom. The number of nitrogens with zero attached hydrogens (tertiary/aromatic N) is 1. The topological polar surface area (TPSA) is 28.7 Å². The lowest BCUT2D eigenvalue weighted by molar-refractivity contribution is 1.34. The number of halogens is 2. The second kappa shape index (κ2) is 4.06. The molecule has 0 radical (unpaired) electrons. The summed E-state index contributed by atoms with van der Waals surface area (Å²) in [5, 5.41) is 1.05. The summed E-state index contributed by atoms with van der Waals surface area (Å²) in [6.07, 6.45) is 0. The zero-order chi connectivity index (χ0) is 11.8. The first-order valence-electron chi connectivity index (χ1n) is 5.14. The van der Waals surface area contributed by atoms with E-state index in [-0.39, 0.29) is 0 Å². The molecule has 4 heteroatoms. The molecule has 0 atom stereocenters. The van der Waals surface area contributed by atoms with E-state index in [9.17, 15) is 0 Å². The Labute approximate surface area is 108 Å². The highest BCUT2D eigenvalue weighted by atomic mass is 35.5. The summed E-state index contributed by atoms with van der Waals surface area (Å²) in [6.45, 7) is 0. The first-order valence-corrected chi connectivity index (χ1v) is 5.90. The smallest absolute Gasteiger partial charge is 0.138 e. The molecule has 1 aromatic heterocycles. The highest BCUT2D eigenvalue weighted by Crippen LogP contribution is 2.28. The number of nitrogens with one attached hydrogen (secondary N) is 1. The number of aromatic amines is 1. The van der Waals surface area contributed by atoms with Crippen LogP contribution in [-0.2, 0) is 0 Å². The molecule has 1 N–H and O–H groups in total. The number of H-pyrrole nitrogens is 1. The van der Waals surface area contributed by atoms with Crippen molar-refractivity contribution in [3.8, 4) is 11.4 Å². The van der Waals surface area contributed by atoms with E-state index in [0.29, 0.717) is 10.0 Å². The fraction of sp³-hybridized carbons (Fsp3) is 0. The summed E-state index contributed by atoms with van der Waals surface area (Å²) < 4.78 is 0. The third-order valence-corrected chi connectivity index (χ3v) is 3.29. The van der Waals surface area contributed by atoms with Crippen LogP contribution in [0.4, 0.5) is 0 Å². The van der Waals surface area contributed by atoms with Crippen LogP contribution in [0.15, 0.2) is 42.5 Å². The van der Waals surface area contributed by atoms with Gasteiger partial charge in [0.2, 0.25) is 0 Å². The lowest BCUT2D eigenvalue weighted by Gasteiger charge is -1.93. The lowest BCUT2D eigenvalue weighted by atomic mass is 10.2. The Balaban J connectivity index is 2.21. The van der Waals surface area contributed by atoms with Gasteiger partial charge in [0.15, 0.2) is 0 Å². The van der Waals surface area contributed by atoms with Crippen molar-refractivity contribution < 1.29 is 0 Å². The fourth-order valence-corrected chi connectivity index (χ4v) is 2.06. The summed E-state index contributed by atoms with van der Waals surface area (Å²) in [5.41, 5.74) is 2.74. The number of hydrogen-bond acceptors (Lipinski definition) is 1. The molecule has 2 nitrogen and oxygen atoms in total. The van der Waals surface area contributed by atoms with E-state index in [0.717, 1.165) is 22.4 Å². The van der Waals surface area contributed by atoms with Crippen molar-refractivity contribution in [1.82, 2.24) is 9.97 Å². The molecule has 0 fully saturated rings. The van der Waals surface area contributed by atoms with Gasteiger partial charge in [-0.25, -0.2) is 4.98 Å². The summed E-state index contributed by atoms with van der Waals surface area (Å²) in [6, 6.07) is 13.5. The minimum absolute atomic E-state index is 0.519. The number of imidazole rings is 1. The van der Waals surface area contributed by atoms with Gasteiger partial charge in [-0.05, 0) is 12.1 Å². The van der Waals surface area contributed by atoms with Crippen LogP contribution < -0.4 is 0 Å². The molecular formula is C13H8Cl2N2. The third kappa shape index (κ3) is 1.90. The maximum Gasteiger partial charge on any atom is 0.138 e. The van der Waals surface area contributed by atoms with Crippen LogP contribution >= 0.6 is 23.2 Å². The molecule has 0 amide bonds. The van der Waals surface area contributed by atoms with E-state index >= 15 is 0 Å². The molecule has 0 saturated carbocycles. The van der Waals surface area contributed by atoms with E-state index in [1.807, 2.05) is 30.3 Å². The molecule has 0 aliphatic rings. The standard InChI is InChI=1S/C13H8Cl2N2/c14-9-6-11-12(7-10(9)15)17-13(16-11)8-4-2-1-3-5-8/h1-7H,(H,16,17). The summed E-state index contributed by atoms with van der Waals surface area (Å²) in [7, 11) is 0. The third-order valence-electron chi connectivity index (χ3n) is 2.57. The Hall–Kier alpha value is -1.51. The summed E-state index contributed by atoms with van der Waals surface area (Å²) in [4.78, 5) is 7.71. The largest absolute Gasteiger partial charge is 0.338 e.